The minimum atomic E-state index is -1.17. The zero-order chi connectivity index (χ0) is 14.0. The molecular weight excluding hydrogens is 280 g/mol. The van der Waals surface area contributed by atoms with Crippen LogP contribution in [-0.4, -0.2) is 9.91 Å². The first-order valence-electron chi connectivity index (χ1n) is 4.93. The number of nitro benzene ring substituents is 1. The molecule has 0 aliphatic heterocycles. The van der Waals surface area contributed by atoms with E-state index >= 15 is 0 Å². The van der Waals surface area contributed by atoms with Crippen molar-refractivity contribution in [1.29, 1.82) is 0 Å². The highest BCUT2D eigenvalue weighted by atomic mass is 32.1. The largest absolute Gasteiger partial charge is 0.484 e. The summed E-state index contributed by atoms with van der Waals surface area (Å²) in [5, 5.41) is 12.3. The maximum absolute atomic E-state index is 13.5. The fourth-order valence-electron chi connectivity index (χ4n) is 1.31. The Hall–Kier alpha value is -2.29. The number of thiazole rings is 1. The minimum Gasteiger partial charge on any atom is -0.484 e. The Bertz CT molecular complexity index is 632. The lowest BCUT2D eigenvalue weighted by molar-refractivity contribution is -0.387. The Morgan fingerprint density at radius 1 is 1.42 bits per heavy atom. The molecule has 6 nitrogen and oxygen atoms in total. The third kappa shape index (κ3) is 2.94. The Morgan fingerprint density at radius 2 is 2.16 bits per heavy atom. The van der Waals surface area contributed by atoms with Crippen LogP contribution in [0.4, 0.5) is 19.6 Å². The van der Waals surface area contributed by atoms with Gasteiger partial charge in [-0.05, 0) is 0 Å². The van der Waals surface area contributed by atoms with E-state index in [9.17, 15) is 18.9 Å². The molecule has 0 unspecified atom stereocenters. The van der Waals surface area contributed by atoms with Crippen LogP contribution in [0, 0.1) is 21.7 Å². The summed E-state index contributed by atoms with van der Waals surface area (Å²) in [7, 11) is 0. The molecule has 1 heterocycles. The first-order valence-corrected chi connectivity index (χ1v) is 5.81. The number of anilines is 1. The molecule has 0 aliphatic rings. The van der Waals surface area contributed by atoms with Gasteiger partial charge in [0.2, 0.25) is 5.82 Å². The van der Waals surface area contributed by atoms with Gasteiger partial charge in [0.15, 0.2) is 16.7 Å². The molecule has 9 heteroatoms. The highest BCUT2D eigenvalue weighted by Crippen LogP contribution is 2.27. The highest BCUT2D eigenvalue weighted by Gasteiger charge is 2.19. The van der Waals surface area contributed by atoms with Crippen LogP contribution in [0.25, 0.3) is 0 Å². The van der Waals surface area contributed by atoms with Gasteiger partial charge in [-0.15, -0.1) is 11.3 Å². The standard InChI is InChI=1S/C10H7F2N3O3S/c11-6-2-9(7(12)1-8(6)15(16)17)18-3-5-4-19-10(13)14-5/h1-2,4H,3H2,(H2,13,14). The summed E-state index contributed by atoms with van der Waals surface area (Å²) in [5.74, 6) is -2.61. The van der Waals surface area contributed by atoms with Crippen LogP contribution in [0.5, 0.6) is 5.75 Å². The Balaban J connectivity index is 2.17. The molecule has 0 saturated heterocycles. The van der Waals surface area contributed by atoms with Crippen LogP contribution in [0.1, 0.15) is 5.69 Å². The molecule has 1 aromatic carbocycles. The second-order valence-corrected chi connectivity index (χ2v) is 4.35. The van der Waals surface area contributed by atoms with Crippen molar-refractivity contribution in [2.45, 2.75) is 6.61 Å². The molecule has 0 amide bonds. The number of nitrogens with zero attached hydrogens (tertiary/aromatic N) is 2. The molecule has 0 bridgehead atoms. The quantitative estimate of drug-likeness (QED) is 0.689. The molecular formula is C10H7F2N3O3S. The zero-order valence-electron chi connectivity index (χ0n) is 9.30. The molecule has 2 N–H and O–H groups in total. The van der Waals surface area contributed by atoms with E-state index in [-0.39, 0.29) is 6.61 Å². The van der Waals surface area contributed by atoms with Crippen molar-refractivity contribution >= 4 is 22.2 Å². The molecule has 100 valence electrons. The molecule has 19 heavy (non-hydrogen) atoms. The van der Waals surface area contributed by atoms with E-state index in [1.807, 2.05) is 0 Å². The first-order chi connectivity index (χ1) is 8.97. The SMILES string of the molecule is Nc1nc(COc2cc(F)c([N+](=O)[O-])cc2F)cs1. The second kappa shape index (κ2) is 5.14. The van der Waals surface area contributed by atoms with Gasteiger partial charge in [0.05, 0.1) is 16.7 Å². The highest BCUT2D eigenvalue weighted by molar-refractivity contribution is 7.13. The van der Waals surface area contributed by atoms with Gasteiger partial charge in [-0.25, -0.2) is 9.37 Å². The van der Waals surface area contributed by atoms with Gasteiger partial charge >= 0.3 is 5.69 Å². The predicted octanol–water partition coefficient (Wildman–Crippen LogP) is 2.49. The number of ether oxygens (including phenoxy) is 1. The van der Waals surface area contributed by atoms with Crippen molar-refractivity contribution in [1.82, 2.24) is 4.98 Å². The monoisotopic (exact) mass is 287 g/mol. The van der Waals surface area contributed by atoms with E-state index in [1.54, 1.807) is 5.38 Å². The lowest BCUT2D eigenvalue weighted by Crippen LogP contribution is -2.01. The summed E-state index contributed by atoms with van der Waals surface area (Å²) in [5.41, 5.74) is 4.91. The molecule has 0 atom stereocenters. The number of halogens is 2. The zero-order valence-corrected chi connectivity index (χ0v) is 10.1. The average molecular weight is 287 g/mol. The van der Waals surface area contributed by atoms with Crippen molar-refractivity contribution in [3.63, 3.8) is 0 Å². The summed E-state index contributed by atoms with van der Waals surface area (Å²) in [6.45, 7) is -0.109. The summed E-state index contributed by atoms with van der Waals surface area (Å²) in [6, 6.07) is 1.10. The van der Waals surface area contributed by atoms with Crippen LogP contribution in [0.15, 0.2) is 17.5 Å². The maximum Gasteiger partial charge on any atom is 0.307 e. The predicted molar refractivity (Wildman–Crippen MR) is 63.9 cm³/mol. The first kappa shape index (κ1) is 13.1. The van der Waals surface area contributed by atoms with Crippen molar-refractivity contribution < 1.29 is 18.4 Å². The van der Waals surface area contributed by atoms with Crippen LogP contribution in [0.2, 0.25) is 0 Å². The third-order valence-corrected chi connectivity index (χ3v) is 2.87. The van der Waals surface area contributed by atoms with E-state index in [0.29, 0.717) is 23.0 Å². The lowest BCUT2D eigenvalue weighted by atomic mass is 10.3. The Labute approximate surface area is 109 Å². The normalized spacial score (nSPS) is 10.4. The van der Waals surface area contributed by atoms with E-state index in [2.05, 4.69) is 4.98 Å². The van der Waals surface area contributed by atoms with Gasteiger partial charge < -0.3 is 10.5 Å². The smallest absolute Gasteiger partial charge is 0.307 e. The molecule has 2 rings (SSSR count). The van der Waals surface area contributed by atoms with Crippen molar-refractivity contribution in [2.75, 3.05) is 5.73 Å². The molecule has 2 aromatic rings. The lowest BCUT2D eigenvalue weighted by Gasteiger charge is -2.05. The number of aromatic nitrogens is 1. The molecule has 0 spiro atoms. The fourth-order valence-corrected chi connectivity index (χ4v) is 1.86. The number of benzene rings is 1. The fraction of sp³-hybridized carbons (Fsp3) is 0.100. The molecule has 0 radical (unpaired) electrons. The van der Waals surface area contributed by atoms with E-state index in [0.717, 1.165) is 0 Å². The van der Waals surface area contributed by atoms with Gasteiger partial charge in [-0.1, -0.05) is 0 Å². The Morgan fingerprint density at radius 3 is 2.74 bits per heavy atom. The molecule has 1 aromatic heterocycles. The number of nitrogen functional groups attached to an aromatic ring is 1. The number of hydrogen-bond donors (Lipinski definition) is 1. The van der Waals surface area contributed by atoms with Crippen LogP contribution < -0.4 is 10.5 Å². The van der Waals surface area contributed by atoms with E-state index in [1.165, 1.54) is 11.3 Å². The number of nitro groups is 1. The summed E-state index contributed by atoms with van der Waals surface area (Å²) in [6.07, 6.45) is 0. The van der Waals surface area contributed by atoms with Gasteiger partial charge in [-0.3, -0.25) is 10.1 Å². The van der Waals surface area contributed by atoms with Gasteiger partial charge in [-0.2, -0.15) is 4.39 Å². The van der Waals surface area contributed by atoms with E-state index < -0.39 is 28.0 Å². The third-order valence-electron chi connectivity index (χ3n) is 2.14. The minimum absolute atomic E-state index is 0.109. The average Bonchev–Trinajstić information content (AvgIpc) is 2.75. The van der Waals surface area contributed by atoms with Crippen LogP contribution in [0.3, 0.4) is 0 Å². The number of nitrogens with two attached hydrogens (primary N) is 1. The summed E-state index contributed by atoms with van der Waals surface area (Å²) in [4.78, 5) is 13.3. The van der Waals surface area contributed by atoms with Crippen LogP contribution in [-0.2, 0) is 6.61 Å². The van der Waals surface area contributed by atoms with Crippen LogP contribution >= 0.6 is 11.3 Å². The molecule has 0 fully saturated rings. The number of rotatable bonds is 4. The maximum atomic E-state index is 13.5. The topological polar surface area (TPSA) is 91.3 Å². The van der Waals surface area contributed by atoms with Crippen molar-refractivity contribution in [3.8, 4) is 5.75 Å². The number of hydrogen-bond acceptors (Lipinski definition) is 6. The summed E-state index contributed by atoms with van der Waals surface area (Å²) < 4.78 is 31.8. The van der Waals surface area contributed by atoms with E-state index in [4.69, 9.17) is 10.5 Å². The Kier molecular flexibility index (Phi) is 3.56. The molecule has 0 aliphatic carbocycles. The van der Waals surface area contributed by atoms with Gasteiger partial charge in [0.25, 0.3) is 0 Å². The van der Waals surface area contributed by atoms with Crippen molar-refractivity contribution in [2.24, 2.45) is 0 Å². The second-order valence-electron chi connectivity index (χ2n) is 3.46. The van der Waals surface area contributed by atoms with Gasteiger partial charge in [0.1, 0.15) is 6.61 Å². The van der Waals surface area contributed by atoms with Crippen molar-refractivity contribution in [3.05, 3.63) is 45.0 Å². The van der Waals surface area contributed by atoms with Gasteiger partial charge in [0, 0.05) is 11.4 Å². The molecule has 0 saturated carbocycles. The summed E-state index contributed by atoms with van der Waals surface area (Å²) >= 11 is 1.18.